The monoisotopic (exact) mass is 220 g/mol. The highest BCUT2D eigenvalue weighted by molar-refractivity contribution is 6.83. The summed E-state index contributed by atoms with van der Waals surface area (Å²) in [6, 6.07) is 3.28. The van der Waals surface area contributed by atoms with Crippen LogP contribution in [0.15, 0.2) is 18.3 Å². The average molecular weight is 220 g/mol. The van der Waals surface area contributed by atoms with E-state index in [1.165, 1.54) is 6.20 Å². The third-order valence-electron chi connectivity index (χ3n) is 1.53. The molecule has 1 heterocycles. The predicted octanol–water partition coefficient (Wildman–Crippen LogP) is 2.22. The molecule has 0 aliphatic rings. The summed E-state index contributed by atoms with van der Waals surface area (Å²) >= 11 is 0. The SMILES string of the molecule is C[Si](C)(C)C#Cc1cccnc1[N+](=O)[O-]. The lowest BCUT2D eigenvalue weighted by Gasteiger charge is -2.03. The second-order valence-corrected chi connectivity index (χ2v) is 8.88. The molecule has 0 aliphatic carbocycles. The van der Waals surface area contributed by atoms with Crippen LogP contribution in [-0.2, 0) is 0 Å². The van der Waals surface area contributed by atoms with Crippen molar-refractivity contribution in [1.82, 2.24) is 4.98 Å². The maximum Gasteiger partial charge on any atom is 0.379 e. The van der Waals surface area contributed by atoms with Crippen molar-refractivity contribution in [3.05, 3.63) is 34.0 Å². The van der Waals surface area contributed by atoms with Crippen LogP contribution >= 0.6 is 0 Å². The zero-order chi connectivity index (χ0) is 11.5. The molecule has 4 nitrogen and oxygen atoms in total. The van der Waals surface area contributed by atoms with Gasteiger partial charge in [0, 0.05) is 0 Å². The highest BCUT2D eigenvalue weighted by Crippen LogP contribution is 2.12. The van der Waals surface area contributed by atoms with Crippen LogP contribution in [0.2, 0.25) is 19.6 Å². The topological polar surface area (TPSA) is 56.0 Å². The molecule has 0 aliphatic heterocycles. The molecule has 0 N–H and O–H groups in total. The Labute approximate surface area is 89.5 Å². The fraction of sp³-hybridized carbons (Fsp3) is 0.300. The second kappa shape index (κ2) is 4.23. The third-order valence-corrected chi connectivity index (χ3v) is 2.41. The van der Waals surface area contributed by atoms with Crippen LogP contribution in [0.1, 0.15) is 5.56 Å². The van der Waals surface area contributed by atoms with Gasteiger partial charge in [0.25, 0.3) is 0 Å². The van der Waals surface area contributed by atoms with Crippen molar-refractivity contribution in [2.75, 3.05) is 0 Å². The van der Waals surface area contributed by atoms with Gasteiger partial charge in [-0.05, 0) is 22.0 Å². The summed E-state index contributed by atoms with van der Waals surface area (Å²) in [5.41, 5.74) is 3.47. The molecule has 0 radical (unpaired) electrons. The summed E-state index contributed by atoms with van der Waals surface area (Å²) < 4.78 is 0. The van der Waals surface area contributed by atoms with Crippen molar-refractivity contribution in [1.29, 1.82) is 0 Å². The molecule has 15 heavy (non-hydrogen) atoms. The van der Waals surface area contributed by atoms with Gasteiger partial charge >= 0.3 is 5.82 Å². The van der Waals surface area contributed by atoms with E-state index in [1.807, 2.05) is 0 Å². The summed E-state index contributed by atoms with van der Waals surface area (Å²) in [7, 11) is -1.51. The van der Waals surface area contributed by atoms with E-state index < -0.39 is 13.0 Å². The van der Waals surface area contributed by atoms with Crippen molar-refractivity contribution in [3.8, 4) is 11.5 Å². The van der Waals surface area contributed by atoms with E-state index in [4.69, 9.17) is 0 Å². The standard InChI is InChI=1S/C10H12N2O2Si/c1-15(2,3)8-6-9-5-4-7-11-10(9)12(13)14/h4-5,7H,1-3H3. The Bertz CT molecular complexity index is 441. The number of nitrogens with zero attached hydrogens (tertiary/aromatic N) is 2. The van der Waals surface area contributed by atoms with Gasteiger partial charge in [-0.25, -0.2) is 0 Å². The van der Waals surface area contributed by atoms with Crippen molar-refractivity contribution < 1.29 is 4.92 Å². The molecule has 0 spiro atoms. The van der Waals surface area contributed by atoms with Gasteiger partial charge in [0.2, 0.25) is 0 Å². The highest BCUT2D eigenvalue weighted by atomic mass is 28.3. The fourth-order valence-corrected chi connectivity index (χ4v) is 1.40. The number of nitro groups is 1. The van der Waals surface area contributed by atoms with Crippen molar-refractivity contribution in [3.63, 3.8) is 0 Å². The first kappa shape index (κ1) is 11.4. The second-order valence-electron chi connectivity index (χ2n) is 4.13. The van der Waals surface area contributed by atoms with E-state index in [1.54, 1.807) is 12.1 Å². The summed E-state index contributed by atoms with van der Waals surface area (Å²) in [4.78, 5) is 13.8. The summed E-state index contributed by atoms with van der Waals surface area (Å²) in [5.74, 6) is 2.68. The summed E-state index contributed by atoms with van der Waals surface area (Å²) in [5, 5.41) is 10.6. The first-order chi connectivity index (χ1) is 6.90. The number of rotatable bonds is 1. The minimum atomic E-state index is -1.51. The third kappa shape index (κ3) is 3.52. The van der Waals surface area contributed by atoms with Gasteiger partial charge in [0.05, 0.1) is 0 Å². The van der Waals surface area contributed by atoms with Crippen LogP contribution in [-0.4, -0.2) is 18.0 Å². The number of hydrogen-bond acceptors (Lipinski definition) is 3. The van der Waals surface area contributed by atoms with E-state index in [9.17, 15) is 10.1 Å². The van der Waals surface area contributed by atoms with Crippen molar-refractivity contribution in [2.24, 2.45) is 0 Å². The van der Waals surface area contributed by atoms with Crippen LogP contribution in [0.5, 0.6) is 0 Å². The van der Waals surface area contributed by atoms with Gasteiger partial charge in [-0.3, -0.25) is 0 Å². The smallest absolute Gasteiger partial charge is 0.358 e. The molecule has 0 atom stereocenters. The Morgan fingerprint density at radius 1 is 1.47 bits per heavy atom. The minimum absolute atomic E-state index is 0.164. The lowest BCUT2D eigenvalue weighted by Crippen LogP contribution is -2.16. The van der Waals surface area contributed by atoms with E-state index in [2.05, 4.69) is 36.1 Å². The van der Waals surface area contributed by atoms with Crippen LogP contribution < -0.4 is 0 Å². The number of pyridine rings is 1. The molecule has 5 heteroatoms. The number of aromatic nitrogens is 1. The van der Waals surface area contributed by atoms with Crippen LogP contribution in [0.25, 0.3) is 0 Å². The Morgan fingerprint density at radius 2 is 2.13 bits per heavy atom. The molecule has 78 valence electrons. The first-order valence-electron chi connectivity index (χ1n) is 4.53. The van der Waals surface area contributed by atoms with Gasteiger partial charge in [-0.1, -0.05) is 25.6 Å². The van der Waals surface area contributed by atoms with Gasteiger partial charge in [0.15, 0.2) is 0 Å². The molecule has 0 bridgehead atoms. The predicted molar refractivity (Wildman–Crippen MR) is 61.1 cm³/mol. The quantitative estimate of drug-likeness (QED) is 0.315. The molecule has 1 rings (SSSR count). The van der Waals surface area contributed by atoms with E-state index >= 15 is 0 Å². The molecule has 0 saturated carbocycles. The first-order valence-corrected chi connectivity index (χ1v) is 8.03. The zero-order valence-electron chi connectivity index (χ0n) is 8.94. The minimum Gasteiger partial charge on any atom is -0.358 e. The van der Waals surface area contributed by atoms with Crippen LogP contribution in [0.3, 0.4) is 0 Å². The molecular formula is C10H12N2O2Si. The fourth-order valence-electron chi connectivity index (χ4n) is 0.895. The molecule has 0 aromatic carbocycles. The molecule has 1 aromatic heterocycles. The van der Waals surface area contributed by atoms with Gasteiger partial charge < -0.3 is 10.1 Å². The number of hydrogen-bond donors (Lipinski definition) is 0. The maximum atomic E-state index is 10.6. The maximum absolute atomic E-state index is 10.6. The van der Waals surface area contributed by atoms with E-state index in [0.717, 1.165) is 0 Å². The highest BCUT2D eigenvalue weighted by Gasteiger charge is 2.13. The largest absolute Gasteiger partial charge is 0.379 e. The Hall–Kier alpha value is -1.67. The lowest BCUT2D eigenvalue weighted by atomic mass is 10.3. The molecule has 0 saturated heterocycles. The van der Waals surface area contributed by atoms with Gasteiger partial charge in [-0.2, -0.15) is 0 Å². The molecule has 0 amide bonds. The normalized spacial score (nSPS) is 10.3. The van der Waals surface area contributed by atoms with Crippen molar-refractivity contribution in [2.45, 2.75) is 19.6 Å². The molecule has 1 aromatic rings. The lowest BCUT2D eigenvalue weighted by molar-refractivity contribution is -0.389. The Morgan fingerprint density at radius 3 is 2.67 bits per heavy atom. The Kier molecular flexibility index (Phi) is 3.22. The van der Waals surface area contributed by atoms with Crippen molar-refractivity contribution >= 4 is 13.9 Å². The van der Waals surface area contributed by atoms with E-state index in [-0.39, 0.29) is 5.82 Å². The Balaban J connectivity index is 3.14. The van der Waals surface area contributed by atoms with Gasteiger partial charge in [0.1, 0.15) is 19.8 Å². The summed E-state index contributed by atoms with van der Waals surface area (Å²) in [6.07, 6.45) is 1.40. The average Bonchev–Trinajstić information content (AvgIpc) is 2.14. The van der Waals surface area contributed by atoms with E-state index in [0.29, 0.717) is 5.56 Å². The van der Waals surface area contributed by atoms with Crippen LogP contribution in [0, 0.1) is 21.6 Å². The summed E-state index contributed by atoms with van der Waals surface area (Å²) in [6.45, 7) is 6.26. The van der Waals surface area contributed by atoms with Gasteiger partial charge in [-0.15, -0.1) is 5.54 Å². The molecule has 0 fully saturated rings. The van der Waals surface area contributed by atoms with Crippen LogP contribution in [0.4, 0.5) is 5.82 Å². The molecule has 0 unspecified atom stereocenters. The molecular weight excluding hydrogens is 208 g/mol. The zero-order valence-corrected chi connectivity index (χ0v) is 9.94.